The van der Waals surface area contributed by atoms with Crippen LogP contribution in [-0.2, 0) is 6.18 Å². The van der Waals surface area contributed by atoms with Gasteiger partial charge in [-0.2, -0.15) is 13.2 Å². The number of hydrogen-bond donors (Lipinski definition) is 1. The highest BCUT2D eigenvalue weighted by atomic mass is 79.9. The van der Waals surface area contributed by atoms with Gasteiger partial charge in [0.15, 0.2) is 0 Å². The number of nitrogens with zero attached hydrogens (tertiary/aromatic N) is 1. The topological polar surface area (TPSA) is 24.5 Å². The minimum atomic E-state index is -4.36. The quantitative estimate of drug-likeness (QED) is 0.585. The summed E-state index contributed by atoms with van der Waals surface area (Å²) in [4.78, 5) is 1.94. The van der Waals surface area contributed by atoms with Gasteiger partial charge in [-0.05, 0) is 48.7 Å². The third-order valence-corrected chi connectivity index (χ3v) is 5.75. The lowest BCUT2D eigenvalue weighted by atomic mass is 9.89. The fourth-order valence-electron chi connectivity index (χ4n) is 3.91. The van der Waals surface area contributed by atoms with Gasteiger partial charge in [-0.3, -0.25) is 5.32 Å². The van der Waals surface area contributed by atoms with Crippen LogP contribution >= 0.6 is 15.9 Å². The van der Waals surface area contributed by atoms with Crippen molar-refractivity contribution in [1.29, 1.82) is 0 Å². The predicted octanol–water partition coefficient (Wildman–Crippen LogP) is 6.19. The van der Waals surface area contributed by atoms with Crippen LogP contribution in [0.1, 0.15) is 30.0 Å². The lowest BCUT2D eigenvalue weighted by Gasteiger charge is -2.40. The Balaban J connectivity index is 1.77. The maximum Gasteiger partial charge on any atom is 0.416 e. The van der Waals surface area contributed by atoms with Gasteiger partial charge in [-0.1, -0.05) is 40.2 Å². The largest absolute Gasteiger partial charge is 0.496 e. The lowest BCUT2D eigenvalue weighted by molar-refractivity contribution is -0.137. The van der Waals surface area contributed by atoms with Crippen LogP contribution < -0.4 is 15.0 Å². The maximum absolute atomic E-state index is 13.2. The first-order valence-electron chi connectivity index (χ1n) is 9.29. The molecule has 0 bridgehead atoms. The fraction of sp³-hybridized carbons (Fsp3) is 0.273. The van der Waals surface area contributed by atoms with Crippen molar-refractivity contribution >= 4 is 21.6 Å². The summed E-state index contributed by atoms with van der Waals surface area (Å²) in [5, 5.41) is 3.48. The van der Waals surface area contributed by atoms with Gasteiger partial charge >= 0.3 is 6.18 Å². The van der Waals surface area contributed by atoms with E-state index in [-0.39, 0.29) is 6.04 Å². The van der Waals surface area contributed by atoms with Crippen molar-refractivity contribution in [3.05, 3.63) is 81.5 Å². The third-order valence-electron chi connectivity index (χ3n) is 5.26. The molecule has 0 saturated carbocycles. The molecule has 152 valence electrons. The zero-order valence-corrected chi connectivity index (χ0v) is 17.3. The molecule has 0 spiro atoms. The summed E-state index contributed by atoms with van der Waals surface area (Å²) in [6, 6.07) is 11.3. The van der Waals surface area contributed by atoms with Crippen molar-refractivity contribution in [3.63, 3.8) is 0 Å². The van der Waals surface area contributed by atoms with Gasteiger partial charge in [-0.25, -0.2) is 0 Å². The van der Waals surface area contributed by atoms with E-state index in [1.54, 1.807) is 13.2 Å². The number of anilines is 1. The van der Waals surface area contributed by atoms with Gasteiger partial charge in [0.05, 0.1) is 25.4 Å². The summed E-state index contributed by atoms with van der Waals surface area (Å²) in [6.07, 6.45) is 1.44. The van der Waals surface area contributed by atoms with Crippen molar-refractivity contribution < 1.29 is 17.9 Å². The lowest BCUT2D eigenvalue weighted by Crippen LogP contribution is -2.43. The van der Waals surface area contributed by atoms with Crippen molar-refractivity contribution in [1.82, 2.24) is 5.32 Å². The number of alkyl halides is 3. The Bertz CT molecular complexity index is 984. The zero-order valence-electron chi connectivity index (χ0n) is 15.8. The SMILES string of the molecule is COc1cc(Br)ccc1C1NCN(c2cccc(C(F)(F)F)c2)C2=C1C=CCC2. The molecule has 0 aromatic heterocycles. The predicted molar refractivity (Wildman–Crippen MR) is 111 cm³/mol. The number of benzene rings is 2. The Hall–Kier alpha value is -2.25. The van der Waals surface area contributed by atoms with Gasteiger partial charge < -0.3 is 9.64 Å². The summed E-state index contributed by atoms with van der Waals surface area (Å²) in [5.74, 6) is 0.759. The molecule has 3 nitrogen and oxygen atoms in total. The van der Waals surface area contributed by atoms with Crippen LogP contribution in [0.15, 0.2) is 70.4 Å². The molecule has 2 aromatic rings. The van der Waals surface area contributed by atoms with Crippen molar-refractivity contribution in [2.45, 2.75) is 25.1 Å². The number of nitrogens with one attached hydrogen (secondary N) is 1. The van der Waals surface area contributed by atoms with E-state index in [2.05, 4.69) is 33.4 Å². The number of methoxy groups -OCH3 is 1. The molecule has 1 unspecified atom stereocenters. The molecule has 0 saturated heterocycles. The summed E-state index contributed by atoms with van der Waals surface area (Å²) in [6.45, 7) is 0.415. The summed E-state index contributed by atoms with van der Waals surface area (Å²) in [5.41, 5.74) is 3.00. The van der Waals surface area contributed by atoms with Crippen LogP contribution in [0.3, 0.4) is 0 Å². The molecule has 1 heterocycles. The zero-order chi connectivity index (χ0) is 20.6. The normalized spacial score (nSPS) is 19.3. The standard InChI is InChI=1S/C22H20BrF3N2O/c1-29-20-12-15(23)9-10-18(20)21-17-7-2-3-8-19(17)28(13-27-21)16-6-4-5-14(11-16)22(24,25)26/h2,4-7,9-12,21,27H,3,8,13H2,1H3. The molecular weight excluding hydrogens is 445 g/mol. The molecule has 2 aliphatic rings. The van der Waals surface area contributed by atoms with Crippen LogP contribution in [0.4, 0.5) is 18.9 Å². The van der Waals surface area contributed by atoms with E-state index in [9.17, 15) is 13.2 Å². The maximum atomic E-state index is 13.2. The van der Waals surface area contributed by atoms with E-state index in [0.29, 0.717) is 12.4 Å². The number of ether oxygens (including phenoxy) is 1. The van der Waals surface area contributed by atoms with Crippen molar-refractivity contribution in [2.24, 2.45) is 0 Å². The minimum absolute atomic E-state index is 0.0911. The van der Waals surface area contributed by atoms with E-state index in [0.717, 1.165) is 46.0 Å². The molecule has 1 aliphatic carbocycles. The number of rotatable bonds is 3. The monoisotopic (exact) mass is 464 g/mol. The second-order valence-corrected chi connectivity index (χ2v) is 7.92. The molecule has 4 rings (SSSR count). The molecule has 0 radical (unpaired) electrons. The molecule has 29 heavy (non-hydrogen) atoms. The van der Waals surface area contributed by atoms with Crippen molar-refractivity contribution in [2.75, 3.05) is 18.7 Å². The smallest absolute Gasteiger partial charge is 0.416 e. The molecule has 2 aromatic carbocycles. The molecule has 1 N–H and O–H groups in total. The Kier molecular flexibility index (Phi) is 5.44. The van der Waals surface area contributed by atoms with Gasteiger partial charge in [0.1, 0.15) is 5.75 Å². The van der Waals surface area contributed by atoms with E-state index in [1.165, 1.54) is 12.1 Å². The Morgan fingerprint density at radius 1 is 1.17 bits per heavy atom. The van der Waals surface area contributed by atoms with Gasteiger partial charge in [0, 0.05) is 21.4 Å². The first kappa shape index (κ1) is 20.0. The first-order chi connectivity index (χ1) is 13.9. The summed E-state index contributed by atoms with van der Waals surface area (Å²) >= 11 is 3.47. The summed E-state index contributed by atoms with van der Waals surface area (Å²) in [7, 11) is 1.63. The average Bonchev–Trinajstić information content (AvgIpc) is 2.72. The Morgan fingerprint density at radius 3 is 2.76 bits per heavy atom. The average molecular weight is 465 g/mol. The van der Waals surface area contributed by atoms with Crippen LogP contribution in [0, 0.1) is 0 Å². The fourth-order valence-corrected chi connectivity index (χ4v) is 4.25. The van der Waals surface area contributed by atoms with E-state index >= 15 is 0 Å². The number of allylic oxidation sites excluding steroid dienone is 2. The highest BCUT2D eigenvalue weighted by Crippen LogP contribution is 2.41. The van der Waals surface area contributed by atoms with Gasteiger partial charge in [-0.15, -0.1) is 0 Å². The summed E-state index contributed by atoms with van der Waals surface area (Å²) < 4.78 is 46.1. The first-order valence-corrected chi connectivity index (χ1v) is 10.1. The van der Waals surface area contributed by atoms with Gasteiger partial charge in [0.2, 0.25) is 0 Å². The second-order valence-electron chi connectivity index (χ2n) is 7.00. The Labute approximate surface area is 176 Å². The van der Waals surface area contributed by atoms with Crippen molar-refractivity contribution in [3.8, 4) is 5.75 Å². The molecular formula is C22H20BrF3N2O. The molecule has 1 atom stereocenters. The second kappa shape index (κ2) is 7.88. The van der Waals surface area contributed by atoms with Crippen LogP contribution in [0.2, 0.25) is 0 Å². The third kappa shape index (κ3) is 3.94. The van der Waals surface area contributed by atoms with Crippen LogP contribution in [-0.4, -0.2) is 13.8 Å². The van der Waals surface area contributed by atoms with Gasteiger partial charge in [0.25, 0.3) is 0 Å². The molecule has 7 heteroatoms. The van der Waals surface area contributed by atoms with E-state index < -0.39 is 11.7 Å². The molecule has 1 aliphatic heterocycles. The molecule has 0 fully saturated rings. The highest BCUT2D eigenvalue weighted by molar-refractivity contribution is 9.10. The number of halogens is 4. The molecule has 0 amide bonds. The Morgan fingerprint density at radius 2 is 2.00 bits per heavy atom. The van der Waals surface area contributed by atoms with E-state index in [1.807, 2.05) is 23.1 Å². The number of hydrogen-bond acceptors (Lipinski definition) is 3. The minimum Gasteiger partial charge on any atom is -0.496 e. The van der Waals surface area contributed by atoms with Crippen LogP contribution in [0.5, 0.6) is 5.75 Å². The highest BCUT2D eigenvalue weighted by Gasteiger charge is 2.33. The van der Waals surface area contributed by atoms with Crippen LogP contribution in [0.25, 0.3) is 0 Å². The van der Waals surface area contributed by atoms with E-state index in [4.69, 9.17) is 4.74 Å².